The summed E-state index contributed by atoms with van der Waals surface area (Å²) in [6.45, 7) is 9.41. The molecule has 2 aromatic rings. The molecule has 7 heteroatoms. The molecule has 0 amide bonds. The Morgan fingerprint density at radius 3 is 1.94 bits per heavy atom. The van der Waals surface area contributed by atoms with Gasteiger partial charge in [0, 0.05) is 32.2 Å². The fourth-order valence-electron chi connectivity index (χ4n) is 4.66. The molecule has 4 rings (SSSR count). The molecule has 2 aromatic carbocycles. The highest BCUT2D eigenvalue weighted by Crippen LogP contribution is 2.29. The molecule has 0 atom stereocenters. The third kappa shape index (κ3) is 6.01. The van der Waals surface area contributed by atoms with E-state index in [-0.39, 0.29) is 10.6 Å². The number of benzene rings is 2. The summed E-state index contributed by atoms with van der Waals surface area (Å²) in [6.07, 6.45) is 4.11. The number of rotatable bonds is 9. The van der Waals surface area contributed by atoms with E-state index >= 15 is 0 Å². The first-order chi connectivity index (χ1) is 15.2. The van der Waals surface area contributed by atoms with Crippen LogP contribution in [0.4, 0.5) is 5.69 Å². The molecule has 2 fully saturated rings. The molecule has 0 bridgehead atoms. The van der Waals surface area contributed by atoms with Crippen molar-refractivity contribution in [1.82, 2.24) is 9.80 Å². The minimum Gasteiger partial charge on any atom is -0.379 e. The molecular formula is C24H33N3O4. The van der Waals surface area contributed by atoms with Crippen LogP contribution in [0, 0.1) is 10.1 Å². The maximum absolute atomic E-state index is 11.6. The van der Waals surface area contributed by atoms with Crippen LogP contribution in [0.25, 0.3) is 10.8 Å². The first-order valence-corrected chi connectivity index (χ1v) is 11.5. The average molecular weight is 428 g/mol. The van der Waals surface area contributed by atoms with Gasteiger partial charge >= 0.3 is 0 Å². The van der Waals surface area contributed by atoms with E-state index in [4.69, 9.17) is 9.47 Å². The number of non-ortho nitro benzene ring substituents is 1. The van der Waals surface area contributed by atoms with Gasteiger partial charge in [0.2, 0.25) is 0 Å². The second-order valence-electron chi connectivity index (χ2n) is 8.49. The van der Waals surface area contributed by atoms with Crippen LogP contribution < -0.4 is 0 Å². The molecule has 2 aliphatic heterocycles. The van der Waals surface area contributed by atoms with Crippen molar-refractivity contribution in [3.05, 3.63) is 51.6 Å². The van der Waals surface area contributed by atoms with Crippen LogP contribution in [0.5, 0.6) is 0 Å². The van der Waals surface area contributed by atoms with Crippen molar-refractivity contribution in [3.8, 4) is 0 Å². The number of nitro benzene ring substituents is 1. The molecule has 0 unspecified atom stereocenters. The van der Waals surface area contributed by atoms with Gasteiger partial charge in [0.1, 0.15) is 0 Å². The summed E-state index contributed by atoms with van der Waals surface area (Å²) in [7, 11) is 0. The van der Waals surface area contributed by atoms with Gasteiger partial charge in [-0.3, -0.25) is 19.9 Å². The SMILES string of the molecule is O=[N+]([O-])c1cccc2cc(CCCN3CCOCC3)c(CCCN3CCOCC3)cc12. The number of nitrogens with zero attached hydrogens (tertiary/aromatic N) is 3. The number of fused-ring (bicyclic) bond motifs is 1. The molecule has 2 saturated heterocycles. The molecule has 31 heavy (non-hydrogen) atoms. The summed E-state index contributed by atoms with van der Waals surface area (Å²) in [5.74, 6) is 0. The van der Waals surface area contributed by atoms with Crippen molar-refractivity contribution in [2.75, 3.05) is 65.7 Å². The van der Waals surface area contributed by atoms with Crippen LogP contribution in [-0.4, -0.2) is 80.4 Å². The lowest BCUT2D eigenvalue weighted by Gasteiger charge is -2.27. The van der Waals surface area contributed by atoms with Gasteiger partial charge in [0.15, 0.2) is 0 Å². The Balaban J connectivity index is 1.48. The monoisotopic (exact) mass is 427 g/mol. The van der Waals surface area contributed by atoms with Gasteiger partial charge in [-0.1, -0.05) is 18.2 Å². The molecule has 2 heterocycles. The van der Waals surface area contributed by atoms with Gasteiger partial charge in [-0.15, -0.1) is 0 Å². The summed E-state index contributed by atoms with van der Waals surface area (Å²) in [5.41, 5.74) is 2.80. The lowest BCUT2D eigenvalue weighted by atomic mass is 9.94. The average Bonchev–Trinajstić information content (AvgIpc) is 2.80. The van der Waals surface area contributed by atoms with E-state index in [9.17, 15) is 10.1 Å². The van der Waals surface area contributed by atoms with E-state index in [1.54, 1.807) is 12.1 Å². The first kappa shape index (κ1) is 22.1. The summed E-state index contributed by atoms with van der Waals surface area (Å²) in [6, 6.07) is 9.65. The maximum Gasteiger partial charge on any atom is 0.277 e. The summed E-state index contributed by atoms with van der Waals surface area (Å²) >= 11 is 0. The van der Waals surface area contributed by atoms with Crippen LogP contribution in [0.15, 0.2) is 30.3 Å². The van der Waals surface area contributed by atoms with Crippen molar-refractivity contribution in [1.29, 1.82) is 0 Å². The van der Waals surface area contributed by atoms with E-state index < -0.39 is 0 Å². The molecule has 2 aliphatic rings. The molecule has 0 saturated carbocycles. The second kappa shape index (κ2) is 11.0. The van der Waals surface area contributed by atoms with Crippen molar-refractivity contribution in [2.24, 2.45) is 0 Å². The van der Waals surface area contributed by atoms with Gasteiger partial charge in [-0.2, -0.15) is 0 Å². The highest BCUT2D eigenvalue weighted by atomic mass is 16.6. The van der Waals surface area contributed by atoms with Gasteiger partial charge in [0.05, 0.1) is 36.7 Å². The lowest BCUT2D eigenvalue weighted by Crippen LogP contribution is -2.37. The Bertz CT molecular complexity index is 876. The van der Waals surface area contributed by atoms with E-state index in [1.807, 2.05) is 6.07 Å². The van der Waals surface area contributed by atoms with Crippen molar-refractivity contribution < 1.29 is 14.4 Å². The Kier molecular flexibility index (Phi) is 7.86. The Morgan fingerprint density at radius 2 is 1.39 bits per heavy atom. The second-order valence-corrected chi connectivity index (χ2v) is 8.49. The van der Waals surface area contributed by atoms with Gasteiger partial charge in [-0.25, -0.2) is 0 Å². The number of hydrogen-bond donors (Lipinski definition) is 0. The number of hydrogen-bond acceptors (Lipinski definition) is 6. The van der Waals surface area contributed by atoms with Crippen LogP contribution in [0.3, 0.4) is 0 Å². The molecule has 0 aliphatic carbocycles. The molecule has 0 radical (unpaired) electrons. The predicted molar refractivity (Wildman–Crippen MR) is 122 cm³/mol. The normalized spacial score (nSPS) is 18.5. The van der Waals surface area contributed by atoms with Crippen LogP contribution >= 0.6 is 0 Å². The van der Waals surface area contributed by atoms with Crippen molar-refractivity contribution in [3.63, 3.8) is 0 Å². The van der Waals surface area contributed by atoms with Crippen molar-refractivity contribution >= 4 is 16.5 Å². The number of morpholine rings is 2. The minimum absolute atomic E-state index is 0.201. The maximum atomic E-state index is 11.6. The third-order valence-corrected chi connectivity index (χ3v) is 6.42. The lowest BCUT2D eigenvalue weighted by molar-refractivity contribution is -0.383. The van der Waals surface area contributed by atoms with E-state index in [1.165, 1.54) is 11.1 Å². The number of aryl methyl sites for hydroxylation is 2. The van der Waals surface area contributed by atoms with Crippen molar-refractivity contribution in [2.45, 2.75) is 25.7 Å². The Hall–Kier alpha value is -2.06. The highest BCUT2D eigenvalue weighted by Gasteiger charge is 2.16. The molecule has 0 aromatic heterocycles. The van der Waals surface area contributed by atoms with E-state index in [0.29, 0.717) is 0 Å². The summed E-state index contributed by atoms with van der Waals surface area (Å²) in [5, 5.41) is 13.3. The fourth-order valence-corrected chi connectivity index (χ4v) is 4.66. The van der Waals surface area contributed by atoms with E-state index in [0.717, 1.165) is 102 Å². The number of nitro groups is 1. The van der Waals surface area contributed by atoms with Crippen LogP contribution in [0.1, 0.15) is 24.0 Å². The third-order valence-electron chi connectivity index (χ3n) is 6.42. The fraction of sp³-hybridized carbons (Fsp3) is 0.583. The molecule has 7 nitrogen and oxygen atoms in total. The summed E-state index contributed by atoms with van der Waals surface area (Å²) in [4.78, 5) is 16.2. The first-order valence-electron chi connectivity index (χ1n) is 11.5. The highest BCUT2D eigenvalue weighted by molar-refractivity contribution is 5.92. The molecular weight excluding hydrogens is 394 g/mol. The topological polar surface area (TPSA) is 68.1 Å². The Morgan fingerprint density at radius 1 is 0.839 bits per heavy atom. The molecule has 0 spiro atoms. The smallest absolute Gasteiger partial charge is 0.277 e. The van der Waals surface area contributed by atoms with Crippen LogP contribution in [0.2, 0.25) is 0 Å². The zero-order valence-electron chi connectivity index (χ0n) is 18.3. The molecule has 0 N–H and O–H groups in total. The minimum atomic E-state index is -0.266. The Labute approximate surface area is 184 Å². The largest absolute Gasteiger partial charge is 0.379 e. The zero-order chi connectivity index (χ0) is 21.5. The van der Waals surface area contributed by atoms with Gasteiger partial charge < -0.3 is 9.47 Å². The number of ether oxygens (including phenoxy) is 2. The van der Waals surface area contributed by atoms with Crippen LogP contribution in [-0.2, 0) is 22.3 Å². The van der Waals surface area contributed by atoms with Gasteiger partial charge in [-0.05, 0) is 61.4 Å². The van der Waals surface area contributed by atoms with Gasteiger partial charge in [0.25, 0.3) is 5.69 Å². The quantitative estimate of drug-likeness (QED) is 0.452. The standard InChI is InChI=1S/C24H33N3O4/c28-27(29)24-7-1-4-22-18-20(5-2-8-25-10-14-30-15-11-25)21(19-23(22)24)6-3-9-26-12-16-31-17-13-26/h1,4,7,18-19H,2-3,5-6,8-17H2. The zero-order valence-corrected chi connectivity index (χ0v) is 18.3. The van der Waals surface area contributed by atoms with E-state index in [2.05, 4.69) is 21.9 Å². The molecule has 168 valence electrons. The summed E-state index contributed by atoms with van der Waals surface area (Å²) < 4.78 is 10.9. The predicted octanol–water partition coefficient (Wildman–Crippen LogP) is 3.28.